The van der Waals surface area contributed by atoms with Crippen molar-refractivity contribution in [1.82, 2.24) is 4.98 Å². The summed E-state index contributed by atoms with van der Waals surface area (Å²) < 4.78 is 30.0. The molecule has 0 aliphatic carbocycles. The van der Waals surface area contributed by atoms with Crippen molar-refractivity contribution < 1.29 is 18.3 Å². The normalized spacial score (nSPS) is 10.0. The number of carbonyl (C=O) groups excluding carboxylic acids is 1. The molecule has 0 radical (unpaired) electrons. The molecule has 16 heavy (non-hydrogen) atoms. The van der Waals surface area contributed by atoms with Crippen molar-refractivity contribution in [2.24, 2.45) is 0 Å². The quantitative estimate of drug-likeness (QED) is 0.768. The highest BCUT2D eigenvalue weighted by Crippen LogP contribution is 2.32. The number of alkyl halides is 2. The van der Waals surface area contributed by atoms with Crippen molar-refractivity contribution in [3.05, 3.63) is 23.0 Å². The number of methoxy groups -OCH3 is 1. The van der Waals surface area contributed by atoms with E-state index in [0.717, 1.165) is 13.2 Å². The summed E-state index contributed by atoms with van der Waals surface area (Å²) in [6, 6.07) is 2.63. The number of pyridine rings is 1. The fourth-order valence-corrected chi connectivity index (χ4v) is 1.26. The lowest BCUT2D eigenvalue weighted by Crippen LogP contribution is -2.06. The maximum atomic E-state index is 12.7. The Morgan fingerprint density at radius 3 is 2.69 bits per heavy atom. The number of carbonyl (C=O) groups is 1. The summed E-state index contributed by atoms with van der Waals surface area (Å²) >= 11 is 5.11. The first kappa shape index (κ1) is 12.3. The van der Waals surface area contributed by atoms with Gasteiger partial charge < -0.3 is 4.74 Å². The van der Waals surface area contributed by atoms with Crippen LogP contribution in [0.2, 0.25) is 0 Å². The summed E-state index contributed by atoms with van der Waals surface area (Å²) in [5, 5.41) is 7.42. The molecule has 0 bridgehead atoms. The summed E-state index contributed by atoms with van der Waals surface area (Å²) in [6.45, 7) is 0. The molecule has 1 aromatic heterocycles. The lowest BCUT2D eigenvalue weighted by Gasteiger charge is -2.10. The third-order valence-electron chi connectivity index (χ3n) is 1.76. The third-order valence-corrected chi connectivity index (χ3v) is 1.94. The van der Waals surface area contributed by atoms with E-state index in [1.165, 1.54) is 0 Å². The van der Waals surface area contributed by atoms with E-state index >= 15 is 0 Å². The van der Waals surface area contributed by atoms with Crippen LogP contribution in [0.15, 0.2) is 6.07 Å². The minimum atomic E-state index is -2.96. The van der Waals surface area contributed by atoms with Gasteiger partial charge in [-0.2, -0.15) is 5.26 Å². The van der Waals surface area contributed by atoms with Gasteiger partial charge in [0.15, 0.2) is 0 Å². The highest BCUT2D eigenvalue weighted by atomic mass is 35.5. The van der Waals surface area contributed by atoms with Crippen LogP contribution in [-0.2, 0) is 0 Å². The van der Waals surface area contributed by atoms with Crippen molar-refractivity contribution in [2.45, 2.75) is 6.43 Å². The van der Waals surface area contributed by atoms with Crippen LogP contribution in [0.5, 0.6) is 5.75 Å². The molecule has 0 N–H and O–H groups in total. The minimum Gasteiger partial charge on any atom is -0.496 e. The molecule has 0 aliphatic heterocycles. The second-order valence-corrected chi connectivity index (χ2v) is 3.00. The van der Waals surface area contributed by atoms with Crippen molar-refractivity contribution in [3.63, 3.8) is 0 Å². The highest BCUT2D eigenvalue weighted by molar-refractivity contribution is 6.67. The van der Waals surface area contributed by atoms with Gasteiger partial charge in [0.2, 0.25) is 0 Å². The van der Waals surface area contributed by atoms with Gasteiger partial charge in [0, 0.05) is 6.07 Å². The molecule has 0 saturated heterocycles. The van der Waals surface area contributed by atoms with Gasteiger partial charge >= 0.3 is 0 Å². The smallest absolute Gasteiger partial charge is 0.271 e. The average Bonchev–Trinajstić information content (AvgIpc) is 2.26. The Bertz CT molecular complexity index is 471. The van der Waals surface area contributed by atoms with E-state index in [1.54, 1.807) is 6.07 Å². The number of rotatable bonds is 3. The molecule has 0 atom stereocenters. The summed E-state index contributed by atoms with van der Waals surface area (Å²) in [5.41, 5.74) is -1.58. The monoisotopic (exact) mass is 246 g/mol. The molecule has 0 fully saturated rings. The van der Waals surface area contributed by atoms with Crippen molar-refractivity contribution in [2.75, 3.05) is 7.11 Å². The van der Waals surface area contributed by atoms with Crippen LogP contribution in [0.3, 0.4) is 0 Å². The Morgan fingerprint density at radius 2 is 2.31 bits per heavy atom. The topological polar surface area (TPSA) is 63.0 Å². The molecule has 1 aromatic rings. The SMILES string of the molecule is COc1cc(C#N)nc(C(=O)Cl)c1C(F)F. The van der Waals surface area contributed by atoms with Crippen molar-refractivity contribution >= 4 is 16.8 Å². The fourth-order valence-electron chi connectivity index (χ4n) is 1.12. The standard InChI is InChI=1S/C9H5ClF2N2O2/c1-16-5-2-4(3-13)14-7(8(10)15)6(5)9(11)12/h2,9H,1H3. The van der Waals surface area contributed by atoms with Gasteiger partial charge in [-0.15, -0.1) is 0 Å². The van der Waals surface area contributed by atoms with Gasteiger partial charge in [0.25, 0.3) is 11.7 Å². The largest absolute Gasteiger partial charge is 0.496 e. The Labute approximate surface area is 94.4 Å². The number of nitriles is 1. The number of hydrogen-bond acceptors (Lipinski definition) is 4. The Balaban J connectivity index is 3.55. The van der Waals surface area contributed by atoms with Gasteiger partial charge in [-0.05, 0) is 11.6 Å². The highest BCUT2D eigenvalue weighted by Gasteiger charge is 2.25. The van der Waals surface area contributed by atoms with E-state index in [9.17, 15) is 13.6 Å². The molecule has 0 amide bonds. The summed E-state index contributed by atoms with van der Waals surface area (Å²) in [4.78, 5) is 14.3. The van der Waals surface area contributed by atoms with Crippen molar-refractivity contribution in [3.8, 4) is 11.8 Å². The molecule has 0 unspecified atom stereocenters. The minimum absolute atomic E-state index is 0.217. The Kier molecular flexibility index (Phi) is 3.74. The van der Waals surface area contributed by atoms with Gasteiger partial charge in [-0.1, -0.05) is 0 Å². The van der Waals surface area contributed by atoms with E-state index in [2.05, 4.69) is 9.72 Å². The van der Waals surface area contributed by atoms with E-state index in [1.807, 2.05) is 0 Å². The zero-order chi connectivity index (χ0) is 12.3. The molecular weight excluding hydrogens is 242 g/mol. The second kappa shape index (κ2) is 4.86. The van der Waals surface area contributed by atoms with Gasteiger partial charge in [0.1, 0.15) is 23.2 Å². The van der Waals surface area contributed by atoms with Crippen LogP contribution >= 0.6 is 11.6 Å². The predicted molar refractivity (Wildman–Crippen MR) is 50.6 cm³/mol. The Morgan fingerprint density at radius 1 is 1.69 bits per heavy atom. The van der Waals surface area contributed by atoms with E-state index in [0.29, 0.717) is 0 Å². The molecule has 1 rings (SSSR count). The predicted octanol–water partition coefficient (Wildman–Crippen LogP) is 2.28. The van der Waals surface area contributed by atoms with Crippen LogP contribution < -0.4 is 4.74 Å². The second-order valence-electron chi connectivity index (χ2n) is 2.66. The fraction of sp³-hybridized carbons (Fsp3) is 0.222. The Hall–Kier alpha value is -1.74. The average molecular weight is 247 g/mol. The zero-order valence-electron chi connectivity index (χ0n) is 8.00. The first-order valence-electron chi connectivity index (χ1n) is 3.98. The molecule has 1 heterocycles. The molecule has 0 aromatic carbocycles. The summed E-state index contributed by atoms with van der Waals surface area (Å²) in [6.07, 6.45) is -2.96. The molecule has 7 heteroatoms. The maximum absolute atomic E-state index is 12.7. The lowest BCUT2D eigenvalue weighted by atomic mass is 10.1. The third kappa shape index (κ3) is 2.25. The summed E-state index contributed by atoms with van der Waals surface area (Å²) in [5.74, 6) is -0.287. The number of hydrogen-bond donors (Lipinski definition) is 0. The number of ether oxygens (including phenoxy) is 1. The number of aromatic nitrogens is 1. The lowest BCUT2D eigenvalue weighted by molar-refractivity contribution is 0.105. The van der Waals surface area contributed by atoms with E-state index in [4.69, 9.17) is 16.9 Å². The molecule has 84 valence electrons. The number of nitrogens with zero attached hydrogens (tertiary/aromatic N) is 2. The molecule has 0 aliphatic rings. The van der Waals surface area contributed by atoms with Crippen molar-refractivity contribution in [1.29, 1.82) is 5.26 Å². The molecular formula is C9H5ClF2N2O2. The van der Waals surface area contributed by atoms with Gasteiger partial charge in [-0.25, -0.2) is 13.8 Å². The van der Waals surface area contributed by atoms with Gasteiger partial charge in [-0.3, -0.25) is 4.79 Å². The van der Waals surface area contributed by atoms with Crippen LogP contribution in [0, 0.1) is 11.3 Å². The molecule has 0 saturated carbocycles. The number of halogens is 3. The van der Waals surface area contributed by atoms with Crippen LogP contribution in [-0.4, -0.2) is 17.3 Å². The molecule has 0 spiro atoms. The molecule has 4 nitrogen and oxygen atoms in total. The maximum Gasteiger partial charge on any atom is 0.271 e. The van der Waals surface area contributed by atoms with E-state index < -0.39 is 22.9 Å². The van der Waals surface area contributed by atoms with Gasteiger partial charge in [0.05, 0.1) is 12.7 Å². The zero-order valence-corrected chi connectivity index (χ0v) is 8.76. The first-order valence-corrected chi connectivity index (χ1v) is 4.36. The first-order chi connectivity index (χ1) is 7.51. The summed E-state index contributed by atoms with van der Waals surface area (Å²) in [7, 11) is 1.14. The van der Waals surface area contributed by atoms with Crippen LogP contribution in [0.1, 0.15) is 28.2 Å². The van der Waals surface area contributed by atoms with Crippen LogP contribution in [0.4, 0.5) is 8.78 Å². The van der Waals surface area contributed by atoms with Crippen LogP contribution in [0.25, 0.3) is 0 Å². The van der Waals surface area contributed by atoms with E-state index in [-0.39, 0.29) is 11.4 Å².